The second-order valence-electron chi connectivity index (χ2n) is 6.90. The van der Waals surface area contributed by atoms with Gasteiger partial charge in [0.2, 0.25) is 0 Å². The second-order valence-corrected chi connectivity index (χ2v) is 8.90. The van der Waals surface area contributed by atoms with E-state index in [2.05, 4.69) is 13.8 Å². The SMILES string of the molecule is CSC1C(=O)N(C)C(Cc2ccc(OC=CC(C)C)cc2)(SC)C(=O)N1C. The predicted molar refractivity (Wildman–Crippen MR) is 114 cm³/mol. The Bertz CT molecular complexity index is 706. The Hall–Kier alpha value is -1.60. The van der Waals surface area contributed by atoms with Crippen LogP contribution in [0, 0.1) is 5.92 Å². The van der Waals surface area contributed by atoms with Crippen LogP contribution in [0.4, 0.5) is 0 Å². The van der Waals surface area contributed by atoms with Crippen LogP contribution in [-0.4, -0.2) is 58.5 Å². The molecule has 1 fully saturated rings. The molecule has 148 valence electrons. The van der Waals surface area contributed by atoms with Crippen molar-refractivity contribution in [2.75, 3.05) is 26.6 Å². The quantitative estimate of drug-likeness (QED) is 0.647. The molecule has 2 atom stereocenters. The van der Waals surface area contributed by atoms with Gasteiger partial charge in [-0.05, 0) is 42.2 Å². The number of allylic oxidation sites excluding steroid dienone is 1. The Morgan fingerprint density at radius 2 is 1.81 bits per heavy atom. The summed E-state index contributed by atoms with van der Waals surface area (Å²) in [6.07, 6.45) is 7.85. The lowest BCUT2D eigenvalue weighted by Gasteiger charge is -2.48. The minimum atomic E-state index is -0.933. The number of hydrogen-bond donors (Lipinski definition) is 0. The summed E-state index contributed by atoms with van der Waals surface area (Å²) in [5.41, 5.74) is 0.980. The monoisotopic (exact) mass is 408 g/mol. The first-order valence-corrected chi connectivity index (χ1v) is 11.3. The fourth-order valence-electron chi connectivity index (χ4n) is 3.02. The smallest absolute Gasteiger partial charge is 0.260 e. The highest BCUT2D eigenvalue weighted by Crippen LogP contribution is 2.39. The van der Waals surface area contributed by atoms with Gasteiger partial charge in [0.25, 0.3) is 11.8 Å². The number of benzene rings is 1. The lowest BCUT2D eigenvalue weighted by Crippen LogP contribution is -2.68. The highest BCUT2D eigenvalue weighted by Gasteiger charge is 2.53. The van der Waals surface area contributed by atoms with E-state index in [1.807, 2.05) is 42.9 Å². The number of carbonyl (C=O) groups excluding carboxylic acids is 2. The summed E-state index contributed by atoms with van der Waals surface area (Å²) in [7, 11) is 3.43. The molecule has 0 spiro atoms. The van der Waals surface area contributed by atoms with E-state index in [0.29, 0.717) is 12.3 Å². The van der Waals surface area contributed by atoms with Crippen molar-refractivity contribution in [3.63, 3.8) is 0 Å². The van der Waals surface area contributed by atoms with Crippen molar-refractivity contribution < 1.29 is 14.3 Å². The first-order valence-electron chi connectivity index (χ1n) is 8.82. The van der Waals surface area contributed by atoms with Gasteiger partial charge in [0.05, 0.1) is 6.26 Å². The van der Waals surface area contributed by atoms with Crippen LogP contribution in [-0.2, 0) is 16.0 Å². The fraction of sp³-hybridized carbons (Fsp3) is 0.500. The van der Waals surface area contributed by atoms with Crippen molar-refractivity contribution in [2.45, 2.75) is 30.5 Å². The largest absolute Gasteiger partial charge is 0.465 e. The Balaban J connectivity index is 2.22. The van der Waals surface area contributed by atoms with Crippen molar-refractivity contribution in [1.29, 1.82) is 0 Å². The molecule has 0 saturated carbocycles. The van der Waals surface area contributed by atoms with E-state index in [4.69, 9.17) is 4.74 Å². The predicted octanol–water partition coefficient (Wildman–Crippen LogP) is 3.46. The number of ether oxygens (including phenoxy) is 1. The van der Waals surface area contributed by atoms with Crippen molar-refractivity contribution >= 4 is 35.3 Å². The summed E-state index contributed by atoms with van der Waals surface area (Å²) in [6.45, 7) is 4.17. The third-order valence-electron chi connectivity index (χ3n) is 4.69. The normalized spacial score (nSPS) is 23.6. The first kappa shape index (κ1) is 21.7. The van der Waals surface area contributed by atoms with E-state index in [0.717, 1.165) is 11.3 Å². The van der Waals surface area contributed by atoms with Crippen LogP contribution in [0.5, 0.6) is 5.75 Å². The van der Waals surface area contributed by atoms with Gasteiger partial charge in [-0.25, -0.2) is 0 Å². The van der Waals surface area contributed by atoms with E-state index >= 15 is 0 Å². The summed E-state index contributed by atoms with van der Waals surface area (Å²) < 4.78 is 5.59. The summed E-state index contributed by atoms with van der Waals surface area (Å²) in [4.78, 5) is 28.2. The van der Waals surface area contributed by atoms with Crippen LogP contribution in [0.1, 0.15) is 19.4 Å². The number of hydrogen-bond acceptors (Lipinski definition) is 5. The van der Waals surface area contributed by atoms with Gasteiger partial charge in [0.1, 0.15) is 5.75 Å². The van der Waals surface area contributed by atoms with Crippen molar-refractivity contribution in [1.82, 2.24) is 9.80 Å². The Morgan fingerprint density at radius 1 is 1.19 bits per heavy atom. The summed E-state index contributed by atoms with van der Waals surface area (Å²) in [6, 6.07) is 7.67. The molecule has 1 aliphatic rings. The number of rotatable bonds is 7. The van der Waals surface area contributed by atoms with Crippen LogP contribution < -0.4 is 4.74 Å². The standard InChI is InChI=1S/C20H28N2O3S2/c1-14(2)11-12-25-16-9-7-15(8-10-16)13-20(27-6)19(24)21(3)18(26-5)17(23)22(20)4/h7-12,14,18H,13H2,1-6H3. The average molecular weight is 409 g/mol. The van der Waals surface area contributed by atoms with E-state index in [9.17, 15) is 9.59 Å². The molecule has 2 unspecified atom stereocenters. The van der Waals surface area contributed by atoms with E-state index in [1.165, 1.54) is 23.5 Å². The van der Waals surface area contributed by atoms with Crippen LogP contribution in [0.25, 0.3) is 0 Å². The molecule has 7 heteroatoms. The molecule has 0 N–H and O–H groups in total. The zero-order chi connectivity index (χ0) is 20.2. The average Bonchev–Trinajstić information content (AvgIpc) is 2.65. The second kappa shape index (κ2) is 9.06. The number of amides is 2. The maximum Gasteiger partial charge on any atom is 0.260 e. The van der Waals surface area contributed by atoms with Crippen molar-refractivity contribution in [2.24, 2.45) is 5.92 Å². The molecule has 5 nitrogen and oxygen atoms in total. The summed E-state index contributed by atoms with van der Waals surface area (Å²) in [5.74, 6) is 1.08. The van der Waals surface area contributed by atoms with Crippen LogP contribution in [0.3, 0.4) is 0 Å². The maximum absolute atomic E-state index is 13.1. The van der Waals surface area contributed by atoms with Gasteiger partial charge in [-0.2, -0.15) is 0 Å². The molecule has 0 radical (unpaired) electrons. The zero-order valence-electron chi connectivity index (χ0n) is 16.8. The molecule has 1 aromatic rings. The third-order valence-corrected chi connectivity index (χ3v) is 6.92. The number of thioether (sulfide) groups is 2. The maximum atomic E-state index is 13.1. The summed E-state index contributed by atoms with van der Waals surface area (Å²) >= 11 is 2.79. The zero-order valence-corrected chi connectivity index (χ0v) is 18.4. The van der Waals surface area contributed by atoms with Crippen LogP contribution >= 0.6 is 23.5 Å². The van der Waals surface area contributed by atoms with E-state index in [1.54, 1.807) is 30.2 Å². The molecule has 1 saturated heterocycles. The first-order chi connectivity index (χ1) is 12.8. The van der Waals surface area contributed by atoms with E-state index < -0.39 is 10.2 Å². The van der Waals surface area contributed by atoms with Crippen LogP contribution in [0.15, 0.2) is 36.6 Å². The topological polar surface area (TPSA) is 49.9 Å². The minimum absolute atomic E-state index is 0.0438. The molecule has 1 aromatic carbocycles. The van der Waals surface area contributed by atoms with Gasteiger partial charge in [0, 0.05) is 20.5 Å². The molecule has 0 aliphatic carbocycles. The number of nitrogens with zero attached hydrogens (tertiary/aromatic N) is 2. The Kier molecular flexibility index (Phi) is 7.28. The van der Waals surface area contributed by atoms with Gasteiger partial charge in [-0.3, -0.25) is 9.59 Å². The Morgan fingerprint density at radius 3 is 2.33 bits per heavy atom. The molecular formula is C20H28N2O3S2. The molecular weight excluding hydrogens is 380 g/mol. The molecule has 0 aromatic heterocycles. The molecule has 27 heavy (non-hydrogen) atoms. The van der Waals surface area contributed by atoms with Crippen molar-refractivity contribution in [3.8, 4) is 5.75 Å². The molecule has 1 aliphatic heterocycles. The molecule has 2 amide bonds. The van der Waals surface area contributed by atoms with Crippen LogP contribution in [0.2, 0.25) is 0 Å². The molecule has 0 bridgehead atoms. The number of carbonyl (C=O) groups is 2. The summed E-state index contributed by atoms with van der Waals surface area (Å²) in [5, 5.41) is -0.466. The van der Waals surface area contributed by atoms with Gasteiger partial charge in [-0.1, -0.05) is 26.0 Å². The minimum Gasteiger partial charge on any atom is -0.465 e. The number of likely N-dealkylation sites (N-methyl/N-ethyl adjacent to an activating group) is 2. The molecule has 2 rings (SSSR count). The van der Waals surface area contributed by atoms with Gasteiger partial charge < -0.3 is 14.5 Å². The van der Waals surface area contributed by atoms with Crippen molar-refractivity contribution in [3.05, 3.63) is 42.2 Å². The highest BCUT2D eigenvalue weighted by molar-refractivity contribution is 8.01. The number of piperazine rings is 1. The third kappa shape index (κ3) is 4.46. The fourth-order valence-corrected chi connectivity index (χ4v) is 4.79. The Labute approximate surface area is 170 Å². The van der Waals surface area contributed by atoms with E-state index in [-0.39, 0.29) is 11.8 Å². The highest BCUT2D eigenvalue weighted by atomic mass is 32.2. The lowest BCUT2D eigenvalue weighted by molar-refractivity contribution is -0.156. The lowest BCUT2D eigenvalue weighted by atomic mass is 10.0. The van der Waals surface area contributed by atoms with Gasteiger partial charge >= 0.3 is 0 Å². The molecule has 1 heterocycles. The van der Waals surface area contributed by atoms with Gasteiger partial charge in [-0.15, -0.1) is 23.5 Å². The van der Waals surface area contributed by atoms with Gasteiger partial charge in [0.15, 0.2) is 10.2 Å².